The summed E-state index contributed by atoms with van der Waals surface area (Å²) >= 11 is 0. The molecular weight excluding hydrogens is 182 g/mol. The van der Waals surface area contributed by atoms with Crippen LogP contribution in [0, 0.1) is 0 Å². The van der Waals surface area contributed by atoms with E-state index in [-0.39, 0.29) is 0 Å². The Labute approximate surface area is 91.9 Å². The normalized spacial score (nSPS) is 10.9. The molecule has 0 atom stereocenters. The molecule has 0 aromatic heterocycles. The Morgan fingerprint density at radius 3 is 2.53 bits per heavy atom. The predicted octanol–water partition coefficient (Wildman–Crippen LogP) is 4.34. The summed E-state index contributed by atoms with van der Waals surface area (Å²) in [7, 11) is 0. The van der Waals surface area contributed by atoms with Crippen LogP contribution in [0.2, 0.25) is 0 Å². The van der Waals surface area contributed by atoms with E-state index in [0.29, 0.717) is 5.92 Å². The molecule has 0 aliphatic heterocycles. The molecule has 1 rings (SSSR count). The molecule has 1 aromatic rings. The quantitative estimate of drug-likeness (QED) is 0.639. The molecule has 15 heavy (non-hydrogen) atoms. The van der Waals surface area contributed by atoms with E-state index in [0.717, 1.165) is 11.3 Å². The molecule has 0 saturated heterocycles. The van der Waals surface area contributed by atoms with Crippen molar-refractivity contribution >= 4 is 18.0 Å². The Morgan fingerprint density at radius 1 is 1.27 bits per heavy atom. The minimum Gasteiger partial charge on any atom is -0.256 e. The van der Waals surface area contributed by atoms with E-state index in [1.165, 1.54) is 5.56 Å². The van der Waals surface area contributed by atoms with Crippen LogP contribution in [0.5, 0.6) is 0 Å². The van der Waals surface area contributed by atoms with Gasteiger partial charge in [0, 0.05) is 6.21 Å². The van der Waals surface area contributed by atoms with E-state index in [9.17, 15) is 0 Å². The molecule has 1 nitrogen and oxygen atoms in total. The zero-order valence-electron chi connectivity index (χ0n) is 9.40. The third-order valence-corrected chi connectivity index (χ3v) is 2.25. The lowest BCUT2D eigenvalue weighted by atomic mass is 9.98. The van der Waals surface area contributed by atoms with Crippen LogP contribution in [0.15, 0.2) is 42.4 Å². The summed E-state index contributed by atoms with van der Waals surface area (Å²) in [6.45, 7) is 11.8. The Morgan fingerprint density at radius 2 is 2.00 bits per heavy atom. The summed E-state index contributed by atoms with van der Waals surface area (Å²) in [5, 5.41) is 0. The Hall–Kier alpha value is -1.63. The highest BCUT2D eigenvalue weighted by Crippen LogP contribution is 2.30. The lowest BCUT2D eigenvalue weighted by Crippen LogP contribution is -1.90. The second-order valence-electron chi connectivity index (χ2n) is 3.66. The van der Waals surface area contributed by atoms with E-state index in [1.54, 1.807) is 12.3 Å². The molecule has 78 valence electrons. The van der Waals surface area contributed by atoms with Crippen LogP contribution in [-0.2, 0) is 0 Å². The zero-order valence-corrected chi connectivity index (χ0v) is 9.40. The SMILES string of the molecule is C=C/C=N\c1c(C=C)cccc1C(C)C. The number of allylic oxidation sites excluding steroid dienone is 1. The fourth-order valence-corrected chi connectivity index (χ4v) is 1.49. The van der Waals surface area contributed by atoms with Crippen LogP contribution in [0.25, 0.3) is 6.08 Å². The molecule has 0 heterocycles. The Bertz CT molecular complexity index is 386. The number of rotatable bonds is 4. The van der Waals surface area contributed by atoms with Crippen LogP contribution in [0.4, 0.5) is 5.69 Å². The lowest BCUT2D eigenvalue weighted by molar-refractivity contribution is 0.867. The first-order valence-electron chi connectivity index (χ1n) is 5.11. The maximum absolute atomic E-state index is 4.40. The van der Waals surface area contributed by atoms with Gasteiger partial charge >= 0.3 is 0 Å². The van der Waals surface area contributed by atoms with Crippen LogP contribution < -0.4 is 0 Å². The van der Waals surface area contributed by atoms with Gasteiger partial charge in [0.25, 0.3) is 0 Å². The van der Waals surface area contributed by atoms with Crippen molar-refractivity contribution in [1.82, 2.24) is 0 Å². The summed E-state index contributed by atoms with van der Waals surface area (Å²) in [5.74, 6) is 0.460. The van der Waals surface area contributed by atoms with Crippen molar-refractivity contribution in [3.05, 3.63) is 48.6 Å². The van der Waals surface area contributed by atoms with Crippen molar-refractivity contribution in [2.24, 2.45) is 4.99 Å². The first-order chi connectivity index (χ1) is 7.20. The monoisotopic (exact) mass is 199 g/mol. The lowest BCUT2D eigenvalue weighted by Gasteiger charge is -2.11. The number of hydrogen-bond acceptors (Lipinski definition) is 1. The second kappa shape index (κ2) is 5.30. The van der Waals surface area contributed by atoms with Crippen molar-refractivity contribution in [1.29, 1.82) is 0 Å². The summed E-state index contributed by atoms with van der Waals surface area (Å²) in [5.41, 5.74) is 3.31. The average molecular weight is 199 g/mol. The summed E-state index contributed by atoms with van der Waals surface area (Å²) < 4.78 is 0. The molecule has 1 heteroatoms. The van der Waals surface area contributed by atoms with Gasteiger partial charge in [-0.05, 0) is 17.0 Å². The smallest absolute Gasteiger partial charge is 0.0736 e. The standard InChI is InChI=1S/C14H17N/c1-5-10-15-14-12(6-2)8-7-9-13(14)11(3)4/h5-11H,1-2H2,3-4H3/b15-10-. The van der Waals surface area contributed by atoms with Crippen molar-refractivity contribution in [2.45, 2.75) is 19.8 Å². The highest BCUT2D eigenvalue weighted by Gasteiger charge is 2.07. The highest BCUT2D eigenvalue weighted by molar-refractivity contribution is 5.78. The average Bonchev–Trinajstić information content (AvgIpc) is 2.25. The molecule has 0 fully saturated rings. The highest BCUT2D eigenvalue weighted by atomic mass is 14.7. The number of hydrogen-bond donors (Lipinski definition) is 0. The summed E-state index contributed by atoms with van der Waals surface area (Å²) in [6, 6.07) is 6.17. The number of aliphatic imine (C=N–C) groups is 1. The van der Waals surface area contributed by atoms with Crippen molar-refractivity contribution in [3.63, 3.8) is 0 Å². The minimum absolute atomic E-state index is 0.460. The van der Waals surface area contributed by atoms with Crippen molar-refractivity contribution in [2.75, 3.05) is 0 Å². The van der Waals surface area contributed by atoms with Crippen molar-refractivity contribution < 1.29 is 0 Å². The molecule has 0 amide bonds. The van der Waals surface area contributed by atoms with Gasteiger partial charge in [0.15, 0.2) is 0 Å². The second-order valence-corrected chi connectivity index (χ2v) is 3.66. The van der Waals surface area contributed by atoms with Gasteiger partial charge in [0.05, 0.1) is 5.69 Å². The molecule has 0 radical (unpaired) electrons. The Kier molecular flexibility index (Phi) is 4.04. The largest absolute Gasteiger partial charge is 0.256 e. The van der Waals surface area contributed by atoms with Gasteiger partial charge in [-0.15, -0.1) is 0 Å². The first kappa shape index (κ1) is 11.4. The molecule has 0 aliphatic carbocycles. The van der Waals surface area contributed by atoms with Crippen LogP contribution in [0.3, 0.4) is 0 Å². The van der Waals surface area contributed by atoms with Gasteiger partial charge in [0.1, 0.15) is 0 Å². The maximum Gasteiger partial charge on any atom is 0.0736 e. The van der Waals surface area contributed by atoms with Gasteiger partial charge < -0.3 is 0 Å². The number of para-hydroxylation sites is 1. The molecule has 0 unspecified atom stereocenters. The summed E-state index contributed by atoms with van der Waals surface area (Å²) in [4.78, 5) is 4.40. The maximum atomic E-state index is 4.40. The van der Waals surface area contributed by atoms with Crippen molar-refractivity contribution in [3.8, 4) is 0 Å². The molecule has 0 saturated carbocycles. The van der Waals surface area contributed by atoms with E-state index >= 15 is 0 Å². The van der Waals surface area contributed by atoms with Gasteiger partial charge in [-0.25, -0.2) is 0 Å². The fourth-order valence-electron chi connectivity index (χ4n) is 1.49. The minimum atomic E-state index is 0.460. The van der Waals surface area contributed by atoms with Gasteiger partial charge in [0.2, 0.25) is 0 Å². The first-order valence-corrected chi connectivity index (χ1v) is 5.11. The van der Waals surface area contributed by atoms with E-state index < -0.39 is 0 Å². The predicted molar refractivity (Wildman–Crippen MR) is 69.0 cm³/mol. The van der Waals surface area contributed by atoms with Gasteiger partial charge in [-0.3, -0.25) is 4.99 Å². The van der Waals surface area contributed by atoms with E-state index in [2.05, 4.69) is 38.1 Å². The topological polar surface area (TPSA) is 12.4 Å². The molecule has 0 aliphatic rings. The van der Waals surface area contributed by atoms with Crippen LogP contribution in [0.1, 0.15) is 30.9 Å². The third kappa shape index (κ3) is 2.66. The third-order valence-electron chi connectivity index (χ3n) is 2.25. The fraction of sp³-hybridized carbons (Fsp3) is 0.214. The molecule has 0 N–H and O–H groups in total. The number of nitrogens with zero attached hydrogens (tertiary/aromatic N) is 1. The summed E-state index contributed by atoms with van der Waals surface area (Å²) in [6.07, 6.45) is 5.24. The van der Waals surface area contributed by atoms with Gasteiger partial charge in [-0.1, -0.05) is 57.4 Å². The molecule has 1 aromatic carbocycles. The zero-order chi connectivity index (χ0) is 11.3. The molecule has 0 spiro atoms. The van der Waals surface area contributed by atoms with Gasteiger partial charge in [-0.2, -0.15) is 0 Å². The van der Waals surface area contributed by atoms with Crippen LogP contribution in [-0.4, -0.2) is 6.21 Å². The van der Waals surface area contributed by atoms with E-state index in [1.807, 2.05) is 18.2 Å². The molecular formula is C14H17N. The molecule has 0 bridgehead atoms. The van der Waals surface area contributed by atoms with E-state index in [4.69, 9.17) is 0 Å². The van der Waals surface area contributed by atoms with Crippen LogP contribution >= 0.6 is 0 Å². The Balaban J connectivity index is 3.32. The number of benzene rings is 1.